The van der Waals surface area contributed by atoms with E-state index in [0.29, 0.717) is 18.1 Å². The summed E-state index contributed by atoms with van der Waals surface area (Å²) >= 11 is 0. The van der Waals surface area contributed by atoms with Crippen LogP contribution in [0.1, 0.15) is 30.3 Å². The fourth-order valence-electron chi connectivity index (χ4n) is 1.44. The highest BCUT2D eigenvalue weighted by atomic mass is 16.5. The first-order valence-electron chi connectivity index (χ1n) is 5.30. The second-order valence-electron chi connectivity index (χ2n) is 3.71. The normalized spacial score (nSPS) is 12.6. The topological polar surface area (TPSA) is 59.2 Å². The van der Waals surface area contributed by atoms with E-state index in [1.54, 1.807) is 6.92 Å². The molecule has 0 fully saturated rings. The van der Waals surface area contributed by atoms with Crippen LogP contribution in [0, 0.1) is 0 Å². The summed E-state index contributed by atoms with van der Waals surface area (Å²) in [5, 5.41) is 12.9. The molecule has 0 saturated heterocycles. The second-order valence-corrected chi connectivity index (χ2v) is 3.71. The zero-order valence-electron chi connectivity index (χ0n) is 9.13. The van der Waals surface area contributed by atoms with Gasteiger partial charge < -0.3 is 9.63 Å². The van der Waals surface area contributed by atoms with Gasteiger partial charge in [0.2, 0.25) is 5.89 Å². The van der Waals surface area contributed by atoms with E-state index in [2.05, 4.69) is 22.3 Å². The molecule has 0 aliphatic rings. The molecule has 1 aromatic heterocycles. The maximum atomic E-state index is 9.24. The molecule has 16 heavy (non-hydrogen) atoms. The first-order valence-corrected chi connectivity index (χ1v) is 5.30. The van der Waals surface area contributed by atoms with Crippen LogP contribution in [-0.4, -0.2) is 15.2 Å². The third-order valence-electron chi connectivity index (χ3n) is 2.33. The van der Waals surface area contributed by atoms with Crippen molar-refractivity contribution >= 4 is 0 Å². The molecule has 0 amide bonds. The molecule has 1 atom stereocenters. The summed E-state index contributed by atoms with van der Waals surface area (Å²) in [7, 11) is 0. The van der Waals surface area contributed by atoms with Crippen LogP contribution in [0.5, 0.6) is 0 Å². The van der Waals surface area contributed by atoms with Gasteiger partial charge >= 0.3 is 0 Å². The van der Waals surface area contributed by atoms with E-state index >= 15 is 0 Å². The zero-order chi connectivity index (χ0) is 11.4. The highest BCUT2D eigenvalue weighted by Crippen LogP contribution is 2.09. The quantitative estimate of drug-likeness (QED) is 0.851. The highest BCUT2D eigenvalue weighted by Gasteiger charge is 2.10. The lowest BCUT2D eigenvalue weighted by molar-refractivity contribution is 0.184. The number of aromatic nitrogens is 2. The molecule has 2 aromatic rings. The maximum absolute atomic E-state index is 9.24. The van der Waals surface area contributed by atoms with Gasteiger partial charge in [0.1, 0.15) is 6.10 Å². The average molecular weight is 218 g/mol. The summed E-state index contributed by atoms with van der Waals surface area (Å²) in [4.78, 5) is 4.10. The van der Waals surface area contributed by atoms with Gasteiger partial charge in [0.25, 0.3) is 0 Å². The van der Waals surface area contributed by atoms with Crippen molar-refractivity contribution in [3.8, 4) is 0 Å². The van der Waals surface area contributed by atoms with Crippen molar-refractivity contribution in [3.63, 3.8) is 0 Å². The Balaban J connectivity index is 1.95. The van der Waals surface area contributed by atoms with Crippen LogP contribution in [0.25, 0.3) is 0 Å². The highest BCUT2D eigenvalue weighted by molar-refractivity contribution is 5.15. The summed E-state index contributed by atoms with van der Waals surface area (Å²) in [6, 6.07) is 10.1. The summed E-state index contributed by atoms with van der Waals surface area (Å²) in [6.07, 6.45) is 0.890. The number of nitrogens with zero attached hydrogens (tertiary/aromatic N) is 2. The first kappa shape index (κ1) is 10.8. The fraction of sp³-hybridized carbons (Fsp3) is 0.333. The molecule has 0 aliphatic heterocycles. The number of aliphatic hydroxyl groups excluding tert-OH is 1. The fourth-order valence-corrected chi connectivity index (χ4v) is 1.44. The van der Waals surface area contributed by atoms with Gasteiger partial charge in [0.15, 0.2) is 5.82 Å². The first-order chi connectivity index (χ1) is 7.75. The zero-order valence-corrected chi connectivity index (χ0v) is 9.13. The van der Waals surface area contributed by atoms with E-state index in [-0.39, 0.29) is 0 Å². The van der Waals surface area contributed by atoms with Gasteiger partial charge in [-0.15, -0.1) is 0 Å². The lowest BCUT2D eigenvalue weighted by Gasteiger charge is -1.96. The van der Waals surface area contributed by atoms with Crippen molar-refractivity contribution in [2.45, 2.75) is 25.9 Å². The molecule has 84 valence electrons. The number of benzene rings is 1. The van der Waals surface area contributed by atoms with Gasteiger partial charge in [0, 0.05) is 6.42 Å². The molecule has 0 radical (unpaired) electrons. The molecular weight excluding hydrogens is 204 g/mol. The summed E-state index contributed by atoms with van der Waals surface area (Å²) in [6.45, 7) is 1.62. The van der Waals surface area contributed by atoms with Crippen molar-refractivity contribution in [2.75, 3.05) is 0 Å². The van der Waals surface area contributed by atoms with Crippen LogP contribution in [0.3, 0.4) is 0 Å². The molecule has 1 aromatic carbocycles. The van der Waals surface area contributed by atoms with Crippen LogP contribution in [0.15, 0.2) is 34.9 Å². The molecular formula is C12H14N2O2. The number of aryl methyl sites for hydroxylation is 2. The van der Waals surface area contributed by atoms with Crippen LogP contribution in [0.4, 0.5) is 0 Å². The van der Waals surface area contributed by atoms with Crippen LogP contribution >= 0.6 is 0 Å². The van der Waals surface area contributed by atoms with Crippen LogP contribution < -0.4 is 0 Å². The molecule has 0 spiro atoms. The molecule has 0 bridgehead atoms. The smallest absolute Gasteiger partial charge is 0.227 e. The summed E-state index contributed by atoms with van der Waals surface area (Å²) in [5.41, 5.74) is 1.24. The summed E-state index contributed by atoms with van der Waals surface area (Å²) in [5.74, 6) is 0.919. The van der Waals surface area contributed by atoms with Gasteiger partial charge in [-0.3, -0.25) is 0 Å². The van der Waals surface area contributed by atoms with E-state index in [1.807, 2.05) is 18.2 Å². The molecule has 1 heterocycles. The van der Waals surface area contributed by atoms with Crippen molar-refractivity contribution in [1.82, 2.24) is 10.1 Å². The third kappa shape index (κ3) is 2.67. The van der Waals surface area contributed by atoms with Crippen LogP contribution in [0.2, 0.25) is 0 Å². The number of hydrogen-bond donors (Lipinski definition) is 1. The largest absolute Gasteiger partial charge is 0.385 e. The predicted octanol–water partition coefficient (Wildman–Crippen LogP) is 1.91. The lowest BCUT2D eigenvalue weighted by Crippen LogP contribution is -1.95. The minimum atomic E-state index is -0.672. The van der Waals surface area contributed by atoms with Crippen molar-refractivity contribution in [3.05, 3.63) is 47.6 Å². The van der Waals surface area contributed by atoms with Crippen molar-refractivity contribution < 1.29 is 9.63 Å². The Bertz CT molecular complexity index is 437. The average Bonchev–Trinajstić information content (AvgIpc) is 2.76. The molecule has 0 saturated carbocycles. The van der Waals surface area contributed by atoms with Gasteiger partial charge in [-0.05, 0) is 18.9 Å². The minimum Gasteiger partial charge on any atom is -0.385 e. The molecule has 4 heteroatoms. The van der Waals surface area contributed by atoms with Gasteiger partial charge in [-0.1, -0.05) is 35.5 Å². The number of rotatable bonds is 4. The lowest BCUT2D eigenvalue weighted by atomic mass is 10.1. The van der Waals surface area contributed by atoms with E-state index in [4.69, 9.17) is 4.52 Å². The Kier molecular flexibility index (Phi) is 3.31. The third-order valence-corrected chi connectivity index (χ3v) is 2.33. The Morgan fingerprint density at radius 2 is 2.00 bits per heavy atom. The molecule has 4 nitrogen and oxygen atoms in total. The predicted molar refractivity (Wildman–Crippen MR) is 58.8 cm³/mol. The van der Waals surface area contributed by atoms with Gasteiger partial charge in [-0.25, -0.2) is 0 Å². The molecule has 1 N–H and O–H groups in total. The molecule has 0 aliphatic carbocycles. The maximum Gasteiger partial charge on any atom is 0.227 e. The monoisotopic (exact) mass is 218 g/mol. The second kappa shape index (κ2) is 4.90. The van der Waals surface area contributed by atoms with E-state index in [1.165, 1.54) is 5.56 Å². The van der Waals surface area contributed by atoms with E-state index < -0.39 is 6.10 Å². The van der Waals surface area contributed by atoms with Gasteiger partial charge in [-0.2, -0.15) is 4.98 Å². The van der Waals surface area contributed by atoms with E-state index in [9.17, 15) is 5.11 Å². The van der Waals surface area contributed by atoms with Crippen molar-refractivity contribution in [1.29, 1.82) is 0 Å². The van der Waals surface area contributed by atoms with Crippen molar-refractivity contribution in [2.24, 2.45) is 0 Å². The molecule has 2 rings (SSSR count). The molecule has 1 unspecified atom stereocenters. The Hall–Kier alpha value is -1.68. The Morgan fingerprint density at radius 3 is 2.62 bits per heavy atom. The number of aliphatic hydroxyl groups is 1. The van der Waals surface area contributed by atoms with E-state index in [0.717, 1.165) is 6.42 Å². The standard InChI is InChI=1S/C12H14N2O2/c1-9(15)12-13-11(16-14-12)8-7-10-5-3-2-4-6-10/h2-6,9,15H,7-8H2,1H3. The number of hydrogen-bond acceptors (Lipinski definition) is 4. The van der Waals surface area contributed by atoms with Gasteiger partial charge in [0.05, 0.1) is 0 Å². The summed E-state index contributed by atoms with van der Waals surface area (Å²) < 4.78 is 5.03. The van der Waals surface area contributed by atoms with Crippen LogP contribution in [-0.2, 0) is 12.8 Å². The Morgan fingerprint density at radius 1 is 1.25 bits per heavy atom. The Labute approximate surface area is 93.9 Å². The SMILES string of the molecule is CC(O)c1noc(CCc2ccccc2)n1. The minimum absolute atomic E-state index is 0.350.